The van der Waals surface area contributed by atoms with Crippen LogP contribution in [0.1, 0.15) is 15.9 Å². The molecule has 0 saturated heterocycles. The van der Waals surface area contributed by atoms with Crippen molar-refractivity contribution < 1.29 is 4.79 Å². The largest absolute Gasteiger partial charge is 0.355 e. The van der Waals surface area contributed by atoms with E-state index in [-0.39, 0.29) is 5.91 Å². The van der Waals surface area contributed by atoms with Crippen LogP contribution in [-0.4, -0.2) is 24.7 Å². The van der Waals surface area contributed by atoms with Gasteiger partial charge in [0, 0.05) is 13.2 Å². The average molecular weight is 177 g/mol. The number of pyridine rings is 1. The van der Waals surface area contributed by atoms with Crippen molar-refractivity contribution in [3.05, 3.63) is 23.4 Å². The number of nitrogens with one attached hydrogen (secondary N) is 1. The third-order valence-electron chi connectivity index (χ3n) is 1.74. The quantitative estimate of drug-likeness (QED) is 0.687. The van der Waals surface area contributed by atoms with Crippen molar-refractivity contribution in [2.24, 2.45) is 4.99 Å². The number of aliphatic imine (C=N–C) groups is 1. The van der Waals surface area contributed by atoms with Gasteiger partial charge in [-0.2, -0.15) is 0 Å². The van der Waals surface area contributed by atoms with Crippen LogP contribution in [0.4, 0.5) is 5.82 Å². The number of carbonyl (C=O) groups is 1. The molecule has 1 heterocycles. The van der Waals surface area contributed by atoms with Crippen LogP contribution in [0.3, 0.4) is 0 Å². The van der Waals surface area contributed by atoms with E-state index in [0.29, 0.717) is 11.4 Å². The lowest BCUT2D eigenvalue weighted by Crippen LogP contribution is -2.19. The lowest BCUT2D eigenvalue weighted by atomic mass is 10.1. The van der Waals surface area contributed by atoms with Crippen LogP contribution in [0.2, 0.25) is 0 Å². The fourth-order valence-electron chi connectivity index (χ4n) is 1.07. The molecular formula is C9H11N3O. The van der Waals surface area contributed by atoms with E-state index in [1.54, 1.807) is 19.3 Å². The van der Waals surface area contributed by atoms with Gasteiger partial charge in [0.15, 0.2) is 5.82 Å². The Balaban J connectivity index is 3.30. The molecule has 4 heteroatoms. The van der Waals surface area contributed by atoms with Crippen LogP contribution >= 0.6 is 0 Å². The van der Waals surface area contributed by atoms with Crippen molar-refractivity contribution in [1.82, 2.24) is 10.3 Å². The van der Waals surface area contributed by atoms with E-state index in [9.17, 15) is 4.79 Å². The van der Waals surface area contributed by atoms with Crippen LogP contribution in [-0.2, 0) is 0 Å². The zero-order valence-corrected chi connectivity index (χ0v) is 7.66. The number of aryl methyl sites for hydroxylation is 1. The Hall–Kier alpha value is -1.71. The minimum absolute atomic E-state index is 0.187. The molecule has 0 saturated carbocycles. The van der Waals surface area contributed by atoms with Crippen molar-refractivity contribution in [3.63, 3.8) is 0 Å². The topological polar surface area (TPSA) is 54.4 Å². The molecule has 1 aromatic heterocycles. The molecule has 0 aromatic carbocycles. The van der Waals surface area contributed by atoms with Gasteiger partial charge < -0.3 is 5.32 Å². The first-order valence-electron chi connectivity index (χ1n) is 3.85. The highest BCUT2D eigenvalue weighted by Gasteiger charge is 2.12. The molecule has 0 aliphatic carbocycles. The van der Waals surface area contributed by atoms with Crippen molar-refractivity contribution >= 4 is 18.4 Å². The lowest BCUT2D eigenvalue weighted by molar-refractivity contribution is 0.0963. The predicted molar refractivity (Wildman–Crippen MR) is 51.6 cm³/mol. The summed E-state index contributed by atoms with van der Waals surface area (Å²) in [7, 11) is 1.57. The second-order valence-corrected chi connectivity index (χ2v) is 2.56. The molecule has 1 rings (SSSR count). The van der Waals surface area contributed by atoms with Crippen LogP contribution in [0.5, 0.6) is 0 Å². The summed E-state index contributed by atoms with van der Waals surface area (Å²) in [4.78, 5) is 19.0. The van der Waals surface area contributed by atoms with Gasteiger partial charge in [-0.15, -0.1) is 0 Å². The summed E-state index contributed by atoms with van der Waals surface area (Å²) in [6.45, 7) is 5.19. The number of hydrogen-bond acceptors (Lipinski definition) is 3. The molecule has 1 aromatic rings. The summed E-state index contributed by atoms with van der Waals surface area (Å²) in [5, 5.41) is 2.53. The highest BCUT2D eigenvalue weighted by molar-refractivity contribution is 5.99. The molecule has 0 unspecified atom stereocenters. The zero-order chi connectivity index (χ0) is 9.84. The van der Waals surface area contributed by atoms with Crippen LogP contribution in [0, 0.1) is 6.92 Å². The predicted octanol–water partition coefficient (Wildman–Crippen LogP) is 1.08. The van der Waals surface area contributed by atoms with Crippen molar-refractivity contribution in [2.75, 3.05) is 7.05 Å². The van der Waals surface area contributed by atoms with E-state index in [1.807, 2.05) is 6.92 Å². The van der Waals surface area contributed by atoms with Gasteiger partial charge in [0.1, 0.15) is 0 Å². The maximum atomic E-state index is 11.4. The fraction of sp³-hybridized carbons (Fsp3) is 0.222. The van der Waals surface area contributed by atoms with Crippen molar-refractivity contribution in [3.8, 4) is 0 Å². The SMILES string of the molecule is C=Nc1nccc(C)c1C(=O)NC. The molecule has 0 aliphatic heterocycles. The Kier molecular flexibility index (Phi) is 2.74. The monoisotopic (exact) mass is 177 g/mol. The van der Waals surface area contributed by atoms with Crippen molar-refractivity contribution in [2.45, 2.75) is 6.92 Å². The standard InChI is InChI=1S/C9H11N3O/c1-6-4-5-12-8(10-2)7(6)9(13)11-3/h4-5H,2H2,1,3H3,(H,11,13). The van der Waals surface area contributed by atoms with Crippen molar-refractivity contribution in [1.29, 1.82) is 0 Å². The molecule has 68 valence electrons. The van der Waals surface area contributed by atoms with Gasteiger partial charge in [-0.25, -0.2) is 9.98 Å². The molecule has 0 fully saturated rings. The molecule has 1 N–H and O–H groups in total. The maximum absolute atomic E-state index is 11.4. The summed E-state index contributed by atoms with van der Waals surface area (Å²) in [5.74, 6) is 0.187. The maximum Gasteiger partial charge on any atom is 0.255 e. The smallest absolute Gasteiger partial charge is 0.255 e. The van der Waals surface area contributed by atoms with Gasteiger partial charge in [-0.1, -0.05) is 0 Å². The number of rotatable bonds is 2. The Morgan fingerprint density at radius 2 is 2.38 bits per heavy atom. The number of hydrogen-bond donors (Lipinski definition) is 1. The molecule has 1 amide bonds. The first-order valence-corrected chi connectivity index (χ1v) is 3.85. The molecule has 4 nitrogen and oxygen atoms in total. The van der Waals surface area contributed by atoms with Crippen LogP contribution in [0.25, 0.3) is 0 Å². The summed E-state index contributed by atoms with van der Waals surface area (Å²) >= 11 is 0. The average Bonchev–Trinajstić information content (AvgIpc) is 2.16. The number of amides is 1. The van der Waals surface area contributed by atoms with Gasteiger partial charge in [-0.05, 0) is 25.3 Å². The first kappa shape index (κ1) is 9.38. The van der Waals surface area contributed by atoms with Gasteiger partial charge in [0.2, 0.25) is 0 Å². The van der Waals surface area contributed by atoms with E-state index in [1.165, 1.54) is 0 Å². The third-order valence-corrected chi connectivity index (χ3v) is 1.74. The number of aromatic nitrogens is 1. The minimum atomic E-state index is -0.187. The second-order valence-electron chi connectivity index (χ2n) is 2.56. The molecule has 0 bridgehead atoms. The molecule has 0 atom stereocenters. The number of nitrogens with zero attached hydrogens (tertiary/aromatic N) is 2. The number of carbonyl (C=O) groups excluding carboxylic acids is 1. The molecule has 0 aliphatic rings. The second kappa shape index (κ2) is 3.80. The Bertz CT molecular complexity index is 347. The van der Waals surface area contributed by atoms with Crippen LogP contribution < -0.4 is 5.32 Å². The summed E-state index contributed by atoms with van der Waals surface area (Å²) < 4.78 is 0. The Morgan fingerprint density at radius 1 is 1.69 bits per heavy atom. The first-order chi connectivity index (χ1) is 6.20. The molecule has 0 spiro atoms. The van der Waals surface area contributed by atoms with E-state index >= 15 is 0 Å². The van der Waals surface area contributed by atoms with E-state index in [0.717, 1.165) is 5.56 Å². The molecular weight excluding hydrogens is 166 g/mol. The van der Waals surface area contributed by atoms with Gasteiger partial charge in [0.25, 0.3) is 5.91 Å². The van der Waals surface area contributed by atoms with Crippen LogP contribution in [0.15, 0.2) is 17.3 Å². The van der Waals surface area contributed by atoms with E-state index in [4.69, 9.17) is 0 Å². The van der Waals surface area contributed by atoms with E-state index < -0.39 is 0 Å². The summed E-state index contributed by atoms with van der Waals surface area (Å²) in [6.07, 6.45) is 1.60. The van der Waals surface area contributed by atoms with Gasteiger partial charge in [-0.3, -0.25) is 4.79 Å². The summed E-state index contributed by atoms with van der Waals surface area (Å²) in [6, 6.07) is 1.76. The fourth-order valence-corrected chi connectivity index (χ4v) is 1.07. The Morgan fingerprint density at radius 3 is 2.92 bits per heavy atom. The van der Waals surface area contributed by atoms with Gasteiger partial charge >= 0.3 is 0 Å². The molecule has 13 heavy (non-hydrogen) atoms. The zero-order valence-electron chi connectivity index (χ0n) is 7.66. The highest BCUT2D eigenvalue weighted by atomic mass is 16.1. The normalized spacial score (nSPS) is 9.38. The molecule has 0 radical (unpaired) electrons. The van der Waals surface area contributed by atoms with Gasteiger partial charge in [0.05, 0.1) is 5.56 Å². The summed E-state index contributed by atoms with van der Waals surface area (Å²) in [5.41, 5.74) is 1.33. The van der Waals surface area contributed by atoms with E-state index in [2.05, 4.69) is 22.0 Å². The Labute approximate surface area is 76.7 Å². The lowest BCUT2D eigenvalue weighted by Gasteiger charge is -2.05. The third kappa shape index (κ3) is 1.72. The minimum Gasteiger partial charge on any atom is -0.355 e. The highest BCUT2D eigenvalue weighted by Crippen LogP contribution is 2.18.